The van der Waals surface area contributed by atoms with Crippen LogP contribution >= 0.6 is 0 Å². The zero-order chi connectivity index (χ0) is 18.1. The van der Waals surface area contributed by atoms with Crippen molar-refractivity contribution in [1.29, 1.82) is 0 Å². The van der Waals surface area contributed by atoms with Crippen LogP contribution in [0.5, 0.6) is 5.75 Å². The molecule has 3 aromatic rings. The molecule has 1 amide bonds. The van der Waals surface area contributed by atoms with Gasteiger partial charge in [-0.1, -0.05) is 42.4 Å². The highest BCUT2D eigenvalue weighted by molar-refractivity contribution is 5.98. The number of fused-ring (bicyclic) bond motifs is 1. The van der Waals surface area contributed by atoms with Gasteiger partial charge in [0.1, 0.15) is 5.75 Å². The van der Waals surface area contributed by atoms with Crippen LogP contribution in [0, 0.1) is 0 Å². The molecule has 2 aromatic carbocycles. The molecule has 1 aromatic heterocycles. The average Bonchev–Trinajstić information content (AvgIpc) is 3.18. The molecule has 26 heavy (non-hydrogen) atoms. The second-order valence-corrected chi connectivity index (χ2v) is 6.20. The lowest BCUT2D eigenvalue weighted by Crippen LogP contribution is -2.38. The summed E-state index contributed by atoms with van der Waals surface area (Å²) >= 11 is 0. The molecule has 1 aliphatic heterocycles. The third-order valence-corrected chi connectivity index (χ3v) is 4.59. The van der Waals surface area contributed by atoms with Gasteiger partial charge in [-0.2, -0.15) is 4.98 Å². The van der Waals surface area contributed by atoms with Crippen molar-refractivity contribution in [1.82, 2.24) is 10.1 Å². The molecule has 132 valence electrons. The molecule has 6 nitrogen and oxygen atoms in total. The maximum absolute atomic E-state index is 12.0. The van der Waals surface area contributed by atoms with Crippen molar-refractivity contribution in [2.75, 3.05) is 18.1 Å². The minimum absolute atomic E-state index is 0.0309. The van der Waals surface area contributed by atoms with Gasteiger partial charge in [0.25, 0.3) is 11.8 Å². The molecule has 0 fully saturated rings. The summed E-state index contributed by atoms with van der Waals surface area (Å²) in [6.45, 7) is 4.63. The van der Waals surface area contributed by atoms with Gasteiger partial charge in [0.15, 0.2) is 12.4 Å². The Labute approximate surface area is 151 Å². The van der Waals surface area contributed by atoms with Crippen LogP contribution in [0.2, 0.25) is 0 Å². The molecule has 1 aliphatic rings. The Hall–Kier alpha value is -3.15. The van der Waals surface area contributed by atoms with E-state index in [4.69, 9.17) is 9.26 Å². The molecule has 0 radical (unpaired) electrons. The van der Waals surface area contributed by atoms with Gasteiger partial charge < -0.3 is 14.2 Å². The van der Waals surface area contributed by atoms with Crippen LogP contribution in [0.4, 0.5) is 5.69 Å². The average molecular weight is 349 g/mol. The number of amides is 1. The summed E-state index contributed by atoms with van der Waals surface area (Å²) in [7, 11) is 0. The van der Waals surface area contributed by atoms with Gasteiger partial charge in [0, 0.05) is 18.0 Å². The van der Waals surface area contributed by atoms with Crippen molar-refractivity contribution >= 4 is 11.6 Å². The largest absolute Gasteiger partial charge is 0.482 e. The Morgan fingerprint density at radius 3 is 2.77 bits per heavy atom. The second-order valence-electron chi connectivity index (χ2n) is 6.20. The van der Waals surface area contributed by atoms with E-state index in [-0.39, 0.29) is 18.4 Å². The topological polar surface area (TPSA) is 68.5 Å². The van der Waals surface area contributed by atoms with E-state index in [1.54, 1.807) is 4.90 Å². The molecule has 0 spiro atoms. The van der Waals surface area contributed by atoms with Gasteiger partial charge in [-0.3, -0.25) is 4.79 Å². The van der Waals surface area contributed by atoms with E-state index in [1.165, 1.54) is 0 Å². The molecule has 0 aliphatic carbocycles. The summed E-state index contributed by atoms with van der Waals surface area (Å²) in [5, 5.41) is 4.14. The van der Waals surface area contributed by atoms with E-state index in [0.717, 1.165) is 16.8 Å². The first kappa shape index (κ1) is 16.3. The molecule has 0 bridgehead atoms. The fourth-order valence-electron chi connectivity index (χ4n) is 3.10. The summed E-state index contributed by atoms with van der Waals surface area (Å²) in [5.41, 5.74) is 2.62. The predicted octanol–water partition coefficient (Wildman–Crippen LogP) is 3.63. The van der Waals surface area contributed by atoms with Crippen LogP contribution in [-0.2, 0) is 4.79 Å². The number of hydrogen-bond donors (Lipinski definition) is 0. The van der Waals surface area contributed by atoms with Gasteiger partial charge in [0.05, 0.1) is 5.69 Å². The van der Waals surface area contributed by atoms with Crippen LogP contribution in [-0.4, -0.2) is 29.2 Å². The third kappa shape index (κ3) is 2.83. The molecule has 6 heteroatoms. The Morgan fingerprint density at radius 1 is 1.19 bits per heavy atom. The lowest BCUT2D eigenvalue weighted by Gasteiger charge is -2.28. The van der Waals surface area contributed by atoms with Crippen LogP contribution in [0.1, 0.15) is 31.2 Å². The first-order chi connectivity index (χ1) is 12.7. The number of rotatable bonds is 4. The van der Waals surface area contributed by atoms with Gasteiger partial charge in [-0.05, 0) is 30.7 Å². The summed E-state index contributed by atoms with van der Waals surface area (Å²) in [6.07, 6.45) is 0. The third-order valence-electron chi connectivity index (χ3n) is 4.59. The molecular weight excluding hydrogens is 330 g/mol. The highest BCUT2D eigenvalue weighted by atomic mass is 16.5. The van der Waals surface area contributed by atoms with Crippen LogP contribution in [0.15, 0.2) is 53.1 Å². The monoisotopic (exact) mass is 349 g/mol. The second kappa shape index (κ2) is 6.63. The number of nitrogens with zero attached hydrogens (tertiary/aromatic N) is 3. The molecule has 4 rings (SSSR count). The summed E-state index contributed by atoms with van der Waals surface area (Å²) in [4.78, 5) is 18.3. The fraction of sp³-hybridized carbons (Fsp3) is 0.250. The molecule has 1 unspecified atom stereocenters. The van der Waals surface area contributed by atoms with E-state index in [0.29, 0.717) is 24.0 Å². The number of hydrogen-bond acceptors (Lipinski definition) is 5. The number of ether oxygens (including phenoxy) is 1. The quantitative estimate of drug-likeness (QED) is 0.719. The first-order valence-electron chi connectivity index (χ1n) is 8.63. The SMILES string of the molecule is CCN1C(=O)COc2ccc(-c3nc(C(C)c4ccccc4)no3)cc21. The van der Waals surface area contributed by atoms with Gasteiger partial charge in [-0.15, -0.1) is 0 Å². The highest BCUT2D eigenvalue weighted by Gasteiger charge is 2.25. The van der Waals surface area contributed by atoms with Crippen LogP contribution < -0.4 is 9.64 Å². The van der Waals surface area contributed by atoms with Crippen LogP contribution in [0.3, 0.4) is 0 Å². The minimum Gasteiger partial charge on any atom is -0.482 e. The normalized spacial score (nSPS) is 14.7. The maximum Gasteiger partial charge on any atom is 0.265 e. The zero-order valence-electron chi connectivity index (χ0n) is 14.7. The first-order valence-corrected chi connectivity index (χ1v) is 8.63. The van der Waals surface area contributed by atoms with E-state index in [9.17, 15) is 4.79 Å². The van der Waals surface area contributed by atoms with Gasteiger partial charge in [0.2, 0.25) is 0 Å². The van der Waals surface area contributed by atoms with E-state index < -0.39 is 0 Å². The lowest BCUT2D eigenvalue weighted by atomic mass is 10.0. The van der Waals surface area contributed by atoms with Crippen molar-refractivity contribution in [3.63, 3.8) is 0 Å². The Balaban J connectivity index is 1.66. The van der Waals surface area contributed by atoms with Crippen molar-refractivity contribution in [2.24, 2.45) is 0 Å². The van der Waals surface area contributed by atoms with Gasteiger partial charge >= 0.3 is 0 Å². The Bertz CT molecular complexity index is 936. The van der Waals surface area contributed by atoms with Crippen LogP contribution in [0.25, 0.3) is 11.5 Å². The van der Waals surface area contributed by atoms with Crippen molar-refractivity contribution in [3.05, 3.63) is 59.9 Å². The van der Waals surface area contributed by atoms with E-state index >= 15 is 0 Å². The summed E-state index contributed by atoms with van der Waals surface area (Å²) in [6, 6.07) is 15.6. The molecule has 1 atom stereocenters. The standard InChI is InChI=1S/C20H19N3O3/c1-3-23-16-11-15(9-10-17(16)25-12-18(23)24)20-21-19(22-26-20)13(2)14-7-5-4-6-8-14/h4-11,13H,3,12H2,1-2H3. The number of likely N-dealkylation sites (N-methyl/N-ethyl adjacent to an activating group) is 1. The smallest absolute Gasteiger partial charge is 0.265 e. The van der Waals surface area contributed by atoms with E-state index in [1.807, 2.05) is 62.4 Å². The number of benzene rings is 2. The predicted molar refractivity (Wildman–Crippen MR) is 97.2 cm³/mol. The van der Waals surface area contributed by atoms with Crippen molar-refractivity contribution < 1.29 is 14.1 Å². The number of anilines is 1. The van der Waals surface area contributed by atoms with E-state index in [2.05, 4.69) is 10.1 Å². The van der Waals surface area contributed by atoms with Crippen molar-refractivity contribution in [2.45, 2.75) is 19.8 Å². The summed E-state index contributed by atoms with van der Waals surface area (Å²) in [5.74, 6) is 1.72. The Morgan fingerprint density at radius 2 is 2.00 bits per heavy atom. The molecular formula is C20H19N3O3. The molecule has 0 saturated heterocycles. The van der Waals surface area contributed by atoms with Gasteiger partial charge in [-0.25, -0.2) is 0 Å². The minimum atomic E-state index is -0.0546. The fourth-order valence-corrected chi connectivity index (χ4v) is 3.10. The number of aromatic nitrogens is 2. The lowest BCUT2D eigenvalue weighted by molar-refractivity contribution is -0.121. The summed E-state index contributed by atoms with van der Waals surface area (Å²) < 4.78 is 11.0. The Kier molecular flexibility index (Phi) is 4.16. The highest BCUT2D eigenvalue weighted by Crippen LogP contribution is 2.36. The molecule has 2 heterocycles. The maximum atomic E-state index is 12.0. The molecule has 0 saturated carbocycles. The number of carbonyl (C=O) groups excluding carboxylic acids is 1. The van der Waals surface area contributed by atoms with Crippen molar-refractivity contribution in [3.8, 4) is 17.2 Å². The molecule has 0 N–H and O–H groups in total. The zero-order valence-corrected chi connectivity index (χ0v) is 14.7. The number of carbonyl (C=O) groups is 1.